The molecule has 0 saturated carbocycles. The van der Waals surface area contributed by atoms with Crippen molar-refractivity contribution in [3.63, 3.8) is 0 Å². The van der Waals surface area contributed by atoms with Crippen LogP contribution < -0.4 is 15.0 Å². The van der Waals surface area contributed by atoms with Gasteiger partial charge in [0.05, 0.1) is 12.1 Å². The van der Waals surface area contributed by atoms with Gasteiger partial charge in [-0.15, -0.1) is 0 Å². The summed E-state index contributed by atoms with van der Waals surface area (Å²) in [6, 6.07) is 8.29. The lowest BCUT2D eigenvalue weighted by molar-refractivity contribution is -0.952. The van der Waals surface area contributed by atoms with Crippen LogP contribution in [0.3, 0.4) is 0 Å². The van der Waals surface area contributed by atoms with Gasteiger partial charge in [-0.05, 0) is 46.8 Å². The van der Waals surface area contributed by atoms with E-state index in [2.05, 4.69) is 33.0 Å². The van der Waals surface area contributed by atoms with Gasteiger partial charge in [-0.2, -0.15) is 0 Å². The number of benzene rings is 1. The highest BCUT2D eigenvalue weighted by Gasteiger charge is 2.17. The second kappa shape index (κ2) is 10.4. The number of carbonyl (C=O) groups is 1. The minimum atomic E-state index is -0.521. The van der Waals surface area contributed by atoms with Crippen LogP contribution in [0, 0.1) is 0 Å². The summed E-state index contributed by atoms with van der Waals surface area (Å²) < 4.78 is 5.59. The lowest BCUT2D eigenvalue weighted by atomic mass is 10.1. The average Bonchev–Trinajstić information content (AvgIpc) is 2.52. The second-order valence-electron chi connectivity index (χ2n) is 7.00. The fourth-order valence-corrected chi connectivity index (χ4v) is 2.89. The SMILES string of the molecule is CC(=O)c1cccc(OC[C@H](O)C[NH2+]CC[NH+](C(C)C)C(C)C)c1. The van der Waals surface area contributed by atoms with E-state index in [1.807, 2.05) is 0 Å². The Morgan fingerprint density at radius 1 is 1.25 bits per heavy atom. The molecule has 0 bridgehead atoms. The van der Waals surface area contributed by atoms with Crippen molar-refractivity contribution in [1.29, 1.82) is 0 Å². The van der Waals surface area contributed by atoms with E-state index in [1.54, 1.807) is 29.2 Å². The highest BCUT2D eigenvalue weighted by molar-refractivity contribution is 5.94. The van der Waals surface area contributed by atoms with Crippen LogP contribution in [0.15, 0.2) is 24.3 Å². The molecule has 0 heterocycles. The summed E-state index contributed by atoms with van der Waals surface area (Å²) in [5.74, 6) is 0.633. The number of hydrogen-bond acceptors (Lipinski definition) is 3. The first-order valence-electron chi connectivity index (χ1n) is 8.90. The van der Waals surface area contributed by atoms with Crippen LogP contribution in [0.4, 0.5) is 0 Å². The van der Waals surface area contributed by atoms with Gasteiger partial charge in [-0.25, -0.2) is 0 Å². The quantitative estimate of drug-likeness (QED) is 0.390. The summed E-state index contributed by atoms with van der Waals surface area (Å²) in [5.41, 5.74) is 0.624. The minimum Gasteiger partial charge on any atom is -0.491 e. The maximum atomic E-state index is 11.3. The molecule has 0 saturated heterocycles. The Labute approximate surface area is 146 Å². The van der Waals surface area contributed by atoms with Crippen LogP contribution in [-0.4, -0.2) is 55.3 Å². The summed E-state index contributed by atoms with van der Waals surface area (Å²) in [6.45, 7) is 13.4. The fraction of sp³-hybridized carbons (Fsp3) is 0.632. The predicted octanol–water partition coefficient (Wildman–Crippen LogP) is -0.106. The van der Waals surface area contributed by atoms with E-state index < -0.39 is 6.10 Å². The van der Waals surface area contributed by atoms with Gasteiger partial charge in [-0.1, -0.05) is 12.1 Å². The Balaban J connectivity index is 2.28. The van der Waals surface area contributed by atoms with Gasteiger partial charge in [0.2, 0.25) is 0 Å². The van der Waals surface area contributed by atoms with Crippen LogP contribution in [0.2, 0.25) is 0 Å². The van der Waals surface area contributed by atoms with Crippen molar-refractivity contribution in [2.75, 3.05) is 26.2 Å². The molecule has 0 unspecified atom stereocenters. The number of nitrogens with one attached hydrogen (secondary N) is 1. The molecule has 0 amide bonds. The Morgan fingerprint density at radius 2 is 1.92 bits per heavy atom. The van der Waals surface area contributed by atoms with Gasteiger partial charge in [0.15, 0.2) is 5.78 Å². The molecule has 4 N–H and O–H groups in total. The first kappa shape index (κ1) is 20.6. The van der Waals surface area contributed by atoms with Crippen molar-refractivity contribution < 1.29 is 24.9 Å². The van der Waals surface area contributed by atoms with E-state index in [-0.39, 0.29) is 12.4 Å². The molecule has 136 valence electrons. The molecule has 0 spiro atoms. The smallest absolute Gasteiger partial charge is 0.159 e. The Bertz CT molecular complexity index is 495. The number of ketones is 1. The first-order chi connectivity index (χ1) is 11.3. The fourth-order valence-electron chi connectivity index (χ4n) is 2.89. The van der Waals surface area contributed by atoms with Gasteiger partial charge in [0.25, 0.3) is 0 Å². The van der Waals surface area contributed by atoms with Crippen molar-refractivity contribution >= 4 is 5.78 Å². The van der Waals surface area contributed by atoms with Gasteiger partial charge in [0, 0.05) is 5.56 Å². The predicted molar refractivity (Wildman–Crippen MR) is 95.7 cm³/mol. The van der Waals surface area contributed by atoms with E-state index >= 15 is 0 Å². The number of Topliss-reactive ketones (excluding diaryl/α,β-unsaturated/α-hetero) is 1. The average molecular weight is 338 g/mol. The second-order valence-corrected chi connectivity index (χ2v) is 7.00. The van der Waals surface area contributed by atoms with Gasteiger partial charge < -0.3 is 20.1 Å². The molecule has 1 aromatic carbocycles. The zero-order valence-electron chi connectivity index (χ0n) is 15.7. The monoisotopic (exact) mass is 338 g/mol. The number of aliphatic hydroxyl groups excluding tert-OH is 1. The van der Waals surface area contributed by atoms with Crippen molar-refractivity contribution in [1.82, 2.24) is 0 Å². The third-order valence-electron chi connectivity index (χ3n) is 4.24. The molecular weight excluding hydrogens is 304 g/mol. The van der Waals surface area contributed by atoms with Crippen LogP contribution in [0.1, 0.15) is 45.0 Å². The molecule has 0 aliphatic rings. The molecule has 0 radical (unpaired) electrons. The molecule has 5 heteroatoms. The topological polar surface area (TPSA) is 67.6 Å². The molecule has 0 aromatic heterocycles. The number of quaternary nitrogens is 2. The van der Waals surface area contributed by atoms with E-state index in [1.165, 1.54) is 6.92 Å². The summed E-state index contributed by atoms with van der Waals surface area (Å²) in [5, 5.41) is 12.2. The van der Waals surface area contributed by atoms with Gasteiger partial charge in [-0.3, -0.25) is 4.79 Å². The molecule has 0 fully saturated rings. The molecule has 0 aliphatic carbocycles. The van der Waals surface area contributed by atoms with E-state index in [9.17, 15) is 9.90 Å². The standard InChI is InChI=1S/C19H32N2O3/c1-14(2)21(15(3)4)10-9-20-12-18(23)13-24-19-8-6-7-17(11-19)16(5)22/h6-8,11,14-15,18,20,23H,9-10,12-13H2,1-5H3/p+2/t18-/m1/s1. The molecule has 5 nitrogen and oxygen atoms in total. The normalized spacial score (nSPS) is 12.9. The number of hydrogen-bond donors (Lipinski definition) is 3. The van der Waals surface area contributed by atoms with E-state index in [0.717, 1.165) is 13.1 Å². The van der Waals surface area contributed by atoms with Crippen molar-refractivity contribution in [2.45, 2.75) is 52.8 Å². The number of aliphatic hydroxyl groups is 1. The Morgan fingerprint density at radius 3 is 2.50 bits per heavy atom. The summed E-state index contributed by atoms with van der Waals surface area (Å²) >= 11 is 0. The van der Waals surface area contributed by atoms with Crippen LogP contribution in [0.5, 0.6) is 5.75 Å². The molecule has 24 heavy (non-hydrogen) atoms. The Kier molecular flexibility index (Phi) is 8.97. The van der Waals surface area contributed by atoms with Gasteiger partial charge in [0.1, 0.15) is 38.1 Å². The summed E-state index contributed by atoms with van der Waals surface area (Å²) in [4.78, 5) is 12.9. The highest BCUT2D eigenvalue weighted by Crippen LogP contribution is 2.13. The number of ether oxygens (including phenoxy) is 1. The first-order valence-corrected chi connectivity index (χ1v) is 8.90. The Hall–Kier alpha value is -1.43. The third kappa shape index (κ3) is 7.43. The minimum absolute atomic E-state index is 0.0108. The molecule has 1 aromatic rings. The summed E-state index contributed by atoms with van der Waals surface area (Å²) in [6.07, 6.45) is -0.521. The number of nitrogens with two attached hydrogens (primary N) is 1. The number of rotatable bonds is 11. The molecular formula is C19H34N2O3+2. The third-order valence-corrected chi connectivity index (χ3v) is 4.24. The summed E-state index contributed by atoms with van der Waals surface area (Å²) in [7, 11) is 0. The lowest BCUT2D eigenvalue weighted by Crippen LogP contribution is -3.19. The highest BCUT2D eigenvalue weighted by atomic mass is 16.5. The van der Waals surface area contributed by atoms with Crippen LogP contribution in [0.25, 0.3) is 0 Å². The maximum Gasteiger partial charge on any atom is 0.159 e. The zero-order valence-corrected chi connectivity index (χ0v) is 15.7. The zero-order chi connectivity index (χ0) is 18.1. The van der Waals surface area contributed by atoms with Crippen molar-refractivity contribution in [2.24, 2.45) is 0 Å². The molecule has 1 rings (SSSR count). The van der Waals surface area contributed by atoms with Crippen molar-refractivity contribution in [3.05, 3.63) is 29.8 Å². The largest absolute Gasteiger partial charge is 0.491 e. The molecule has 0 aliphatic heterocycles. The van der Waals surface area contributed by atoms with E-state index in [4.69, 9.17) is 4.74 Å². The van der Waals surface area contributed by atoms with Gasteiger partial charge >= 0.3 is 0 Å². The van der Waals surface area contributed by atoms with Crippen LogP contribution in [-0.2, 0) is 0 Å². The van der Waals surface area contributed by atoms with Crippen molar-refractivity contribution in [3.8, 4) is 5.75 Å². The molecule has 1 atom stereocenters. The van der Waals surface area contributed by atoms with E-state index in [0.29, 0.717) is 29.9 Å². The maximum absolute atomic E-state index is 11.3. The van der Waals surface area contributed by atoms with Crippen LogP contribution >= 0.6 is 0 Å². The lowest BCUT2D eigenvalue weighted by Gasteiger charge is -2.26. The number of carbonyl (C=O) groups excluding carboxylic acids is 1.